The van der Waals surface area contributed by atoms with Gasteiger partial charge in [-0.3, -0.25) is 4.79 Å². The van der Waals surface area contributed by atoms with Gasteiger partial charge in [0.2, 0.25) is 5.91 Å². The summed E-state index contributed by atoms with van der Waals surface area (Å²) in [6, 6.07) is 7.17. The van der Waals surface area contributed by atoms with E-state index in [1.807, 2.05) is 19.1 Å². The minimum atomic E-state index is -0.0327. The van der Waals surface area contributed by atoms with Crippen LogP contribution in [0.1, 0.15) is 45.1 Å². The molecule has 1 aromatic carbocycles. The number of anilines is 2. The first-order valence-corrected chi connectivity index (χ1v) is 7.93. The SMILES string of the molecule is CC(=O)Nc1cc(NC(C)CC2CCCCN2)ccc1C. The number of nitrogens with one attached hydrogen (secondary N) is 3. The molecule has 0 aliphatic carbocycles. The molecule has 0 aromatic heterocycles. The molecule has 1 saturated heterocycles. The van der Waals surface area contributed by atoms with Gasteiger partial charge in [-0.05, 0) is 57.4 Å². The normalized spacial score (nSPS) is 19.9. The molecular weight excluding hydrogens is 262 g/mol. The Morgan fingerprint density at radius 1 is 1.43 bits per heavy atom. The highest BCUT2D eigenvalue weighted by Gasteiger charge is 2.15. The molecule has 0 bridgehead atoms. The molecule has 116 valence electrons. The van der Waals surface area contributed by atoms with Gasteiger partial charge in [-0.25, -0.2) is 0 Å². The Kier molecular flexibility index (Phi) is 5.62. The van der Waals surface area contributed by atoms with Crippen LogP contribution in [-0.4, -0.2) is 24.5 Å². The van der Waals surface area contributed by atoms with Gasteiger partial charge in [0.1, 0.15) is 0 Å². The maximum absolute atomic E-state index is 11.2. The van der Waals surface area contributed by atoms with Gasteiger partial charge in [-0.15, -0.1) is 0 Å². The molecule has 1 aliphatic heterocycles. The third-order valence-corrected chi connectivity index (χ3v) is 4.01. The first-order chi connectivity index (χ1) is 10.0. The summed E-state index contributed by atoms with van der Waals surface area (Å²) in [5, 5.41) is 10.0. The van der Waals surface area contributed by atoms with Crippen LogP contribution >= 0.6 is 0 Å². The van der Waals surface area contributed by atoms with Crippen LogP contribution < -0.4 is 16.0 Å². The summed E-state index contributed by atoms with van der Waals surface area (Å²) in [6.07, 6.45) is 5.04. The van der Waals surface area contributed by atoms with E-state index in [0.29, 0.717) is 12.1 Å². The molecular formula is C17H27N3O. The van der Waals surface area contributed by atoms with Crippen LogP contribution in [0.25, 0.3) is 0 Å². The Balaban J connectivity index is 1.93. The number of hydrogen-bond acceptors (Lipinski definition) is 3. The van der Waals surface area contributed by atoms with Gasteiger partial charge in [-0.2, -0.15) is 0 Å². The molecule has 4 heteroatoms. The van der Waals surface area contributed by atoms with E-state index >= 15 is 0 Å². The number of rotatable bonds is 5. The molecule has 1 aliphatic rings. The van der Waals surface area contributed by atoms with Crippen LogP contribution in [0.5, 0.6) is 0 Å². The van der Waals surface area contributed by atoms with Crippen LogP contribution in [0.4, 0.5) is 11.4 Å². The lowest BCUT2D eigenvalue weighted by atomic mass is 9.98. The van der Waals surface area contributed by atoms with Gasteiger partial charge in [0.15, 0.2) is 0 Å². The molecule has 0 spiro atoms. The van der Waals surface area contributed by atoms with Crippen molar-refractivity contribution in [1.82, 2.24) is 5.32 Å². The van der Waals surface area contributed by atoms with Crippen molar-refractivity contribution in [3.05, 3.63) is 23.8 Å². The zero-order valence-corrected chi connectivity index (χ0v) is 13.3. The summed E-state index contributed by atoms with van der Waals surface area (Å²) in [5.41, 5.74) is 3.03. The quantitative estimate of drug-likeness (QED) is 0.779. The van der Waals surface area contributed by atoms with Gasteiger partial charge in [-0.1, -0.05) is 12.5 Å². The lowest BCUT2D eigenvalue weighted by Crippen LogP contribution is -2.37. The van der Waals surface area contributed by atoms with Gasteiger partial charge in [0.25, 0.3) is 0 Å². The zero-order valence-electron chi connectivity index (χ0n) is 13.3. The molecule has 2 rings (SSSR count). The van der Waals surface area contributed by atoms with Gasteiger partial charge < -0.3 is 16.0 Å². The van der Waals surface area contributed by atoms with E-state index < -0.39 is 0 Å². The Labute approximate surface area is 127 Å². The lowest BCUT2D eigenvalue weighted by molar-refractivity contribution is -0.114. The average molecular weight is 289 g/mol. The number of amides is 1. The average Bonchev–Trinajstić information content (AvgIpc) is 2.43. The molecule has 3 N–H and O–H groups in total. The molecule has 0 saturated carbocycles. The van der Waals surface area contributed by atoms with Crippen molar-refractivity contribution in [2.24, 2.45) is 0 Å². The van der Waals surface area contributed by atoms with Crippen LogP contribution in [0.2, 0.25) is 0 Å². The molecule has 21 heavy (non-hydrogen) atoms. The zero-order chi connectivity index (χ0) is 15.2. The Morgan fingerprint density at radius 3 is 2.90 bits per heavy atom. The number of carbonyl (C=O) groups excluding carboxylic acids is 1. The van der Waals surface area contributed by atoms with Crippen LogP contribution in [-0.2, 0) is 4.79 Å². The minimum Gasteiger partial charge on any atom is -0.382 e. The highest BCUT2D eigenvalue weighted by Crippen LogP contribution is 2.22. The van der Waals surface area contributed by atoms with Crippen LogP contribution in [0.3, 0.4) is 0 Å². The summed E-state index contributed by atoms with van der Waals surface area (Å²) in [5.74, 6) is -0.0327. The monoisotopic (exact) mass is 289 g/mol. The molecule has 1 heterocycles. The van der Waals surface area contributed by atoms with E-state index in [1.165, 1.54) is 26.2 Å². The van der Waals surface area contributed by atoms with E-state index in [1.54, 1.807) is 0 Å². The second-order valence-electron chi connectivity index (χ2n) is 6.14. The Hall–Kier alpha value is -1.55. The highest BCUT2D eigenvalue weighted by molar-refractivity contribution is 5.90. The largest absolute Gasteiger partial charge is 0.382 e. The summed E-state index contributed by atoms with van der Waals surface area (Å²) >= 11 is 0. The topological polar surface area (TPSA) is 53.2 Å². The number of piperidine rings is 1. The standard InChI is InChI=1S/C17H27N3O/c1-12-7-8-16(11-17(12)20-14(3)21)19-13(2)10-15-6-4-5-9-18-15/h7-8,11,13,15,18-19H,4-6,9-10H2,1-3H3,(H,20,21). The highest BCUT2D eigenvalue weighted by atomic mass is 16.1. The molecule has 0 radical (unpaired) electrons. The van der Waals surface area contributed by atoms with E-state index in [4.69, 9.17) is 0 Å². The fourth-order valence-corrected chi connectivity index (χ4v) is 2.93. The maximum atomic E-state index is 11.2. The van der Waals surface area contributed by atoms with Gasteiger partial charge in [0.05, 0.1) is 0 Å². The third kappa shape index (κ3) is 5.05. The molecule has 1 amide bonds. The van der Waals surface area contributed by atoms with E-state index in [-0.39, 0.29) is 5.91 Å². The first-order valence-electron chi connectivity index (χ1n) is 7.93. The minimum absolute atomic E-state index is 0.0327. The maximum Gasteiger partial charge on any atom is 0.221 e. The van der Waals surface area contributed by atoms with Gasteiger partial charge >= 0.3 is 0 Å². The first kappa shape index (κ1) is 15.8. The molecule has 1 aromatic rings. The fraction of sp³-hybridized carbons (Fsp3) is 0.588. The second-order valence-corrected chi connectivity index (χ2v) is 6.14. The summed E-state index contributed by atoms with van der Waals surface area (Å²) < 4.78 is 0. The Morgan fingerprint density at radius 2 is 2.24 bits per heavy atom. The van der Waals surface area contributed by atoms with Crippen molar-refractivity contribution >= 4 is 17.3 Å². The van der Waals surface area contributed by atoms with E-state index in [9.17, 15) is 4.79 Å². The predicted molar refractivity (Wildman–Crippen MR) is 88.8 cm³/mol. The summed E-state index contributed by atoms with van der Waals surface area (Å²) in [7, 11) is 0. The van der Waals surface area contributed by atoms with Crippen molar-refractivity contribution < 1.29 is 4.79 Å². The summed E-state index contributed by atoms with van der Waals surface area (Å²) in [4.78, 5) is 11.2. The number of benzene rings is 1. The molecule has 2 unspecified atom stereocenters. The molecule has 2 atom stereocenters. The van der Waals surface area contributed by atoms with Crippen molar-refractivity contribution in [1.29, 1.82) is 0 Å². The number of hydrogen-bond donors (Lipinski definition) is 3. The van der Waals surface area contributed by atoms with Crippen LogP contribution in [0.15, 0.2) is 18.2 Å². The van der Waals surface area contributed by atoms with Crippen LogP contribution in [0, 0.1) is 6.92 Å². The van der Waals surface area contributed by atoms with Crippen molar-refractivity contribution in [2.45, 2.75) is 58.5 Å². The second kappa shape index (κ2) is 7.46. The van der Waals surface area contributed by atoms with Crippen molar-refractivity contribution in [3.8, 4) is 0 Å². The number of carbonyl (C=O) groups is 1. The van der Waals surface area contributed by atoms with E-state index in [0.717, 1.165) is 29.9 Å². The lowest BCUT2D eigenvalue weighted by Gasteiger charge is -2.27. The molecule has 4 nitrogen and oxygen atoms in total. The predicted octanol–water partition coefficient (Wildman–Crippen LogP) is 3.29. The number of aryl methyl sites for hydroxylation is 1. The third-order valence-electron chi connectivity index (χ3n) is 4.01. The Bertz CT molecular complexity index is 481. The van der Waals surface area contributed by atoms with Crippen molar-refractivity contribution in [2.75, 3.05) is 17.2 Å². The van der Waals surface area contributed by atoms with E-state index in [2.05, 4.69) is 28.9 Å². The fourth-order valence-electron chi connectivity index (χ4n) is 2.93. The smallest absolute Gasteiger partial charge is 0.221 e. The summed E-state index contributed by atoms with van der Waals surface area (Å²) in [6.45, 7) is 6.91. The van der Waals surface area contributed by atoms with Crippen molar-refractivity contribution in [3.63, 3.8) is 0 Å². The molecule has 1 fully saturated rings. The van der Waals surface area contributed by atoms with Gasteiger partial charge in [0, 0.05) is 30.4 Å².